The highest BCUT2D eigenvalue weighted by Gasteiger charge is 2.17. The second kappa shape index (κ2) is 13.1. The van der Waals surface area contributed by atoms with Gasteiger partial charge in [-0.2, -0.15) is 8.78 Å². The van der Waals surface area contributed by atoms with Crippen molar-refractivity contribution in [1.82, 2.24) is 0 Å². The zero-order valence-electron chi connectivity index (χ0n) is 8.36. The van der Waals surface area contributed by atoms with Crippen LogP contribution in [-0.2, 0) is 9.53 Å². The maximum atomic E-state index is 11.1. The molecule has 0 radical (unpaired) electrons. The van der Waals surface area contributed by atoms with Crippen LogP contribution in [0.3, 0.4) is 0 Å². The molecule has 0 spiro atoms. The van der Waals surface area contributed by atoms with Gasteiger partial charge in [0.25, 0.3) is 5.92 Å². The number of aldehydes is 1. The zero-order chi connectivity index (χ0) is 10.6. The highest BCUT2D eigenvalue weighted by atomic mass is 19.3. The van der Waals surface area contributed by atoms with Crippen molar-refractivity contribution in [2.24, 2.45) is 0 Å². The highest BCUT2D eigenvalue weighted by Crippen LogP contribution is 2.04. The number of hydrogen-bond donors (Lipinski definition) is 0. The van der Waals surface area contributed by atoms with Crippen molar-refractivity contribution in [2.45, 2.75) is 33.6 Å². The van der Waals surface area contributed by atoms with Crippen molar-refractivity contribution < 1.29 is 18.3 Å². The molecule has 0 aliphatic heterocycles. The van der Waals surface area contributed by atoms with Gasteiger partial charge in [-0.1, -0.05) is 13.8 Å². The molecule has 12 heavy (non-hydrogen) atoms. The lowest BCUT2D eigenvalue weighted by molar-refractivity contribution is -0.126. The normalized spacial score (nSPS) is 8.58. The molecule has 0 bridgehead atoms. The number of alkyl halides is 2. The maximum absolute atomic E-state index is 11.1. The van der Waals surface area contributed by atoms with E-state index in [-0.39, 0.29) is 0 Å². The van der Waals surface area contributed by atoms with E-state index in [2.05, 4.69) is 4.74 Å². The number of methoxy groups -OCH3 is 1. The molecule has 0 saturated heterocycles. The number of ether oxygens (including phenoxy) is 1. The molecule has 0 aromatic carbocycles. The summed E-state index contributed by atoms with van der Waals surface area (Å²) in [5.41, 5.74) is 0. The van der Waals surface area contributed by atoms with Crippen LogP contribution in [0.5, 0.6) is 0 Å². The van der Waals surface area contributed by atoms with Gasteiger partial charge in [-0.25, -0.2) is 0 Å². The first-order chi connectivity index (χ1) is 5.47. The fraction of sp³-hybridized carbons (Fsp3) is 0.875. The molecule has 0 aliphatic rings. The summed E-state index contributed by atoms with van der Waals surface area (Å²) in [6.07, 6.45) is -0.396. The molecular formula is C8H18F2O2. The molecule has 2 nitrogen and oxygen atoms in total. The van der Waals surface area contributed by atoms with E-state index in [4.69, 9.17) is 4.79 Å². The van der Waals surface area contributed by atoms with Gasteiger partial charge >= 0.3 is 0 Å². The standard InChI is InChI=1S/C3H4F2O.C3H8O.C2H6/c1-3(4,5)2-6;1-3-4-2;1-2/h2H,1H3;3H2,1-2H3;1-2H3. The van der Waals surface area contributed by atoms with E-state index in [1.807, 2.05) is 20.8 Å². The van der Waals surface area contributed by atoms with Gasteiger partial charge in [0.1, 0.15) is 0 Å². The molecule has 0 rings (SSSR count). The van der Waals surface area contributed by atoms with Crippen LogP contribution < -0.4 is 0 Å². The largest absolute Gasteiger partial charge is 0.385 e. The number of carbonyl (C=O) groups excluding carboxylic acids is 1. The summed E-state index contributed by atoms with van der Waals surface area (Å²) in [7, 11) is 1.68. The second-order valence-electron chi connectivity index (χ2n) is 1.65. The molecule has 0 heterocycles. The maximum Gasteiger partial charge on any atom is 0.299 e. The lowest BCUT2D eigenvalue weighted by Crippen LogP contribution is -2.09. The third-order valence-corrected chi connectivity index (χ3v) is 0.496. The molecule has 0 N–H and O–H groups in total. The van der Waals surface area contributed by atoms with E-state index in [0.717, 1.165) is 6.61 Å². The average Bonchev–Trinajstić information content (AvgIpc) is 2.07. The smallest absolute Gasteiger partial charge is 0.299 e. The van der Waals surface area contributed by atoms with Crippen LogP contribution >= 0.6 is 0 Å². The third kappa shape index (κ3) is 56.2. The number of carbonyl (C=O) groups is 1. The minimum Gasteiger partial charge on any atom is -0.385 e. The summed E-state index contributed by atoms with van der Waals surface area (Å²) in [5, 5.41) is 0. The third-order valence-electron chi connectivity index (χ3n) is 0.496. The SMILES string of the molecule is CC.CC(F)(F)C=O.CCOC. The lowest BCUT2D eigenvalue weighted by atomic mass is 10.5. The van der Waals surface area contributed by atoms with Crippen molar-refractivity contribution in [2.75, 3.05) is 13.7 Å². The second-order valence-corrected chi connectivity index (χ2v) is 1.65. The van der Waals surface area contributed by atoms with E-state index < -0.39 is 12.2 Å². The minimum absolute atomic E-state index is 0.396. The fourth-order valence-electron chi connectivity index (χ4n) is 0. The summed E-state index contributed by atoms with van der Waals surface area (Å²) in [4.78, 5) is 9.08. The topological polar surface area (TPSA) is 26.3 Å². The molecule has 0 saturated carbocycles. The Morgan fingerprint density at radius 2 is 1.58 bits per heavy atom. The quantitative estimate of drug-likeness (QED) is 0.616. The number of rotatable bonds is 2. The van der Waals surface area contributed by atoms with E-state index in [9.17, 15) is 8.78 Å². The van der Waals surface area contributed by atoms with Crippen molar-refractivity contribution >= 4 is 6.29 Å². The van der Waals surface area contributed by atoms with Crippen molar-refractivity contribution in [3.05, 3.63) is 0 Å². The Morgan fingerprint density at radius 1 is 1.42 bits per heavy atom. The van der Waals surface area contributed by atoms with Gasteiger partial charge < -0.3 is 4.74 Å². The first-order valence-electron chi connectivity index (χ1n) is 3.81. The van der Waals surface area contributed by atoms with Crippen LogP contribution in [0, 0.1) is 0 Å². The Hall–Kier alpha value is -0.510. The van der Waals surface area contributed by atoms with Gasteiger partial charge in [0.2, 0.25) is 0 Å². The van der Waals surface area contributed by atoms with Crippen molar-refractivity contribution in [1.29, 1.82) is 0 Å². The van der Waals surface area contributed by atoms with Gasteiger partial charge in [-0.15, -0.1) is 0 Å². The van der Waals surface area contributed by atoms with E-state index >= 15 is 0 Å². The molecule has 0 amide bonds. The predicted molar refractivity (Wildman–Crippen MR) is 45.6 cm³/mol. The molecular weight excluding hydrogens is 166 g/mol. The van der Waals surface area contributed by atoms with Crippen LogP contribution in [0.1, 0.15) is 27.7 Å². The van der Waals surface area contributed by atoms with Crippen LogP contribution in [0.15, 0.2) is 0 Å². The van der Waals surface area contributed by atoms with E-state index in [1.54, 1.807) is 7.11 Å². The van der Waals surface area contributed by atoms with E-state index in [0.29, 0.717) is 6.92 Å². The molecule has 0 aliphatic carbocycles. The van der Waals surface area contributed by atoms with E-state index in [1.165, 1.54) is 0 Å². The Morgan fingerprint density at radius 3 is 1.58 bits per heavy atom. The summed E-state index contributed by atoms with van der Waals surface area (Å²) >= 11 is 0. The Kier molecular flexibility index (Phi) is 19.2. The number of hydrogen-bond acceptors (Lipinski definition) is 2. The summed E-state index contributed by atoms with van der Waals surface area (Å²) < 4.78 is 26.7. The van der Waals surface area contributed by atoms with Gasteiger partial charge in [0.05, 0.1) is 0 Å². The fourth-order valence-corrected chi connectivity index (χ4v) is 0. The van der Waals surface area contributed by atoms with Crippen molar-refractivity contribution in [3.63, 3.8) is 0 Å². The van der Waals surface area contributed by atoms with Crippen LogP contribution in [0.25, 0.3) is 0 Å². The minimum atomic E-state index is -3.14. The molecule has 0 aromatic heterocycles. The van der Waals surface area contributed by atoms with Crippen LogP contribution in [0.4, 0.5) is 8.78 Å². The first-order valence-corrected chi connectivity index (χ1v) is 3.81. The average molecular weight is 184 g/mol. The molecule has 0 aromatic rings. The summed E-state index contributed by atoms with van der Waals surface area (Å²) in [5.74, 6) is -3.14. The highest BCUT2D eigenvalue weighted by molar-refractivity contribution is 5.58. The Balaban J connectivity index is -0.000000118. The molecule has 0 fully saturated rings. The molecule has 0 unspecified atom stereocenters. The van der Waals surface area contributed by atoms with Gasteiger partial charge in [-0.05, 0) is 6.92 Å². The Labute approximate surface area is 72.9 Å². The van der Waals surface area contributed by atoms with Gasteiger partial charge in [-0.3, -0.25) is 4.79 Å². The van der Waals surface area contributed by atoms with Gasteiger partial charge in [0, 0.05) is 20.6 Å². The number of halogens is 2. The summed E-state index contributed by atoms with van der Waals surface area (Å²) in [6.45, 7) is 7.32. The van der Waals surface area contributed by atoms with Crippen LogP contribution in [-0.4, -0.2) is 25.9 Å². The predicted octanol–water partition coefficient (Wildman–Crippen LogP) is 2.52. The summed E-state index contributed by atoms with van der Waals surface area (Å²) in [6, 6.07) is 0. The molecule has 4 heteroatoms. The Bertz CT molecular complexity index is 77.6. The van der Waals surface area contributed by atoms with Crippen LogP contribution in [0.2, 0.25) is 0 Å². The van der Waals surface area contributed by atoms with Crippen molar-refractivity contribution in [3.8, 4) is 0 Å². The lowest BCUT2D eigenvalue weighted by Gasteiger charge is -1.93. The first kappa shape index (κ1) is 17.5. The zero-order valence-corrected chi connectivity index (χ0v) is 8.36. The molecule has 0 atom stereocenters. The monoisotopic (exact) mass is 184 g/mol. The van der Waals surface area contributed by atoms with Gasteiger partial charge in [0.15, 0.2) is 6.29 Å². The molecule has 76 valence electrons.